The zero-order valence-corrected chi connectivity index (χ0v) is 18.3. The highest BCUT2D eigenvalue weighted by molar-refractivity contribution is 5.67. The highest BCUT2D eigenvalue weighted by Crippen LogP contribution is 2.27. The van der Waals surface area contributed by atoms with Gasteiger partial charge >= 0.3 is 6.16 Å². The van der Waals surface area contributed by atoms with Gasteiger partial charge in [0.2, 0.25) is 5.95 Å². The van der Waals surface area contributed by atoms with E-state index in [9.17, 15) is 4.79 Å². The van der Waals surface area contributed by atoms with E-state index in [1.807, 2.05) is 24.3 Å². The third kappa shape index (κ3) is 6.54. The Hall–Kier alpha value is -3.41. The van der Waals surface area contributed by atoms with E-state index in [0.29, 0.717) is 28.8 Å². The second-order valence-electron chi connectivity index (χ2n) is 7.42. The average molecular weight is 420 g/mol. The minimum Gasteiger partial charge on any atom is -0.395 e. The first-order valence-electron chi connectivity index (χ1n) is 10.7. The first kappa shape index (κ1) is 22.3. The fourth-order valence-corrected chi connectivity index (χ4v) is 3.37. The number of nitrogens with one attached hydrogen (secondary N) is 1. The molecule has 0 saturated carbocycles. The second kappa shape index (κ2) is 11.1. The molecule has 6 nitrogen and oxygen atoms in total. The van der Waals surface area contributed by atoms with Crippen LogP contribution in [0.25, 0.3) is 0 Å². The number of carbonyl (C=O) groups is 1. The van der Waals surface area contributed by atoms with E-state index in [1.54, 1.807) is 38.1 Å². The summed E-state index contributed by atoms with van der Waals surface area (Å²) < 4.78 is 10.6. The molecular weight excluding hydrogens is 390 g/mol. The van der Waals surface area contributed by atoms with Gasteiger partial charge in [-0.1, -0.05) is 74.7 Å². The van der Waals surface area contributed by atoms with E-state index in [4.69, 9.17) is 9.47 Å². The highest BCUT2D eigenvalue weighted by atomic mass is 16.7. The zero-order valence-electron chi connectivity index (χ0n) is 18.3. The Balaban J connectivity index is 1.72. The van der Waals surface area contributed by atoms with Crippen molar-refractivity contribution in [1.29, 1.82) is 0 Å². The third-order valence-corrected chi connectivity index (χ3v) is 4.94. The molecule has 1 atom stereocenters. The third-order valence-electron chi connectivity index (χ3n) is 4.94. The van der Waals surface area contributed by atoms with E-state index < -0.39 is 6.16 Å². The summed E-state index contributed by atoms with van der Waals surface area (Å²) in [5, 5.41) is 3.46. The molecule has 0 fully saturated rings. The molecule has 0 aliphatic heterocycles. The maximum atomic E-state index is 12.2. The fourth-order valence-electron chi connectivity index (χ4n) is 3.37. The van der Waals surface area contributed by atoms with Crippen LogP contribution in [0.4, 0.5) is 10.7 Å². The number of hydrogen-bond acceptors (Lipinski definition) is 6. The molecule has 0 spiro atoms. The number of rotatable bonds is 9. The summed E-state index contributed by atoms with van der Waals surface area (Å²) >= 11 is 0. The Kier molecular flexibility index (Phi) is 7.98. The lowest BCUT2D eigenvalue weighted by atomic mass is 10.0. The van der Waals surface area contributed by atoms with E-state index in [1.165, 1.54) is 18.4 Å². The lowest BCUT2D eigenvalue weighted by Gasteiger charge is -2.20. The SMILES string of the molecule is CCCCCC(Nc1nc(C)c(OC(=O)Oc2ccccc2)c(C)n1)c1ccccc1. The smallest absolute Gasteiger partial charge is 0.395 e. The van der Waals surface area contributed by atoms with Gasteiger partial charge in [0, 0.05) is 0 Å². The van der Waals surface area contributed by atoms with Gasteiger partial charge in [0.1, 0.15) is 5.75 Å². The molecule has 0 radical (unpaired) electrons. The van der Waals surface area contributed by atoms with Gasteiger partial charge in [-0.2, -0.15) is 0 Å². The normalized spacial score (nSPS) is 11.6. The number of nitrogens with zero attached hydrogens (tertiary/aromatic N) is 2. The van der Waals surface area contributed by atoms with Gasteiger partial charge in [-0.25, -0.2) is 14.8 Å². The first-order chi connectivity index (χ1) is 15.1. The molecule has 0 bridgehead atoms. The van der Waals surface area contributed by atoms with Gasteiger partial charge in [0.05, 0.1) is 17.4 Å². The molecule has 2 aromatic carbocycles. The van der Waals surface area contributed by atoms with Crippen molar-refractivity contribution in [2.75, 3.05) is 5.32 Å². The van der Waals surface area contributed by atoms with Crippen molar-refractivity contribution in [2.45, 2.75) is 52.5 Å². The number of carbonyl (C=O) groups excluding carboxylic acids is 1. The van der Waals surface area contributed by atoms with Crippen LogP contribution in [0.5, 0.6) is 11.5 Å². The molecule has 1 aromatic heterocycles. The number of benzene rings is 2. The van der Waals surface area contributed by atoms with Gasteiger partial charge in [-0.15, -0.1) is 0 Å². The van der Waals surface area contributed by atoms with Crippen LogP contribution < -0.4 is 14.8 Å². The number of anilines is 1. The van der Waals surface area contributed by atoms with Crippen molar-refractivity contribution in [2.24, 2.45) is 0 Å². The Bertz CT molecular complexity index is 955. The molecular formula is C25H29N3O3. The zero-order chi connectivity index (χ0) is 22.1. The second-order valence-corrected chi connectivity index (χ2v) is 7.42. The van der Waals surface area contributed by atoms with E-state index in [-0.39, 0.29) is 6.04 Å². The van der Waals surface area contributed by atoms with Gasteiger partial charge in [-0.3, -0.25) is 0 Å². The van der Waals surface area contributed by atoms with Gasteiger partial charge < -0.3 is 14.8 Å². The Labute approximate surface area is 183 Å². The monoisotopic (exact) mass is 419 g/mol. The largest absolute Gasteiger partial charge is 0.519 e. The fraction of sp³-hybridized carbons (Fsp3) is 0.320. The summed E-state index contributed by atoms with van der Waals surface area (Å²) in [6, 6.07) is 19.2. The van der Waals surface area contributed by atoms with Gasteiger partial charge in [-0.05, 0) is 38.0 Å². The number of hydrogen-bond donors (Lipinski definition) is 1. The maximum Gasteiger partial charge on any atom is 0.519 e. The number of para-hydroxylation sites is 1. The van der Waals surface area contributed by atoms with Crippen LogP contribution in [0.15, 0.2) is 60.7 Å². The predicted octanol–water partition coefficient (Wildman–Crippen LogP) is 6.40. The van der Waals surface area contributed by atoms with Crippen molar-refractivity contribution in [1.82, 2.24) is 9.97 Å². The van der Waals surface area contributed by atoms with Crippen LogP contribution in [0, 0.1) is 13.8 Å². The number of aryl methyl sites for hydroxylation is 2. The minimum absolute atomic E-state index is 0.112. The lowest BCUT2D eigenvalue weighted by molar-refractivity contribution is 0.151. The Morgan fingerprint density at radius 3 is 2.13 bits per heavy atom. The average Bonchev–Trinajstić information content (AvgIpc) is 2.77. The van der Waals surface area contributed by atoms with Gasteiger partial charge in [0.25, 0.3) is 0 Å². The molecule has 1 heterocycles. The molecule has 162 valence electrons. The van der Waals surface area contributed by atoms with Crippen LogP contribution in [0.1, 0.15) is 55.6 Å². The maximum absolute atomic E-state index is 12.2. The molecule has 0 aliphatic carbocycles. The van der Waals surface area contributed by atoms with Crippen LogP contribution in [-0.4, -0.2) is 16.1 Å². The summed E-state index contributed by atoms with van der Waals surface area (Å²) in [6.07, 6.45) is 3.64. The van der Waals surface area contributed by atoms with E-state index >= 15 is 0 Å². The summed E-state index contributed by atoms with van der Waals surface area (Å²) in [5.41, 5.74) is 2.34. The van der Waals surface area contributed by atoms with Crippen molar-refractivity contribution in [3.63, 3.8) is 0 Å². The van der Waals surface area contributed by atoms with Crippen LogP contribution in [0.2, 0.25) is 0 Å². The molecule has 3 aromatic rings. The summed E-state index contributed by atoms with van der Waals surface area (Å²) in [6.45, 7) is 5.78. The Morgan fingerprint density at radius 2 is 1.52 bits per heavy atom. The number of aromatic nitrogens is 2. The lowest BCUT2D eigenvalue weighted by Crippen LogP contribution is -2.18. The molecule has 1 unspecified atom stereocenters. The Morgan fingerprint density at radius 1 is 0.903 bits per heavy atom. The molecule has 3 rings (SSSR count). The first-order valence-corrected chi connectivity index (χ1v) is 10.7. The standard InChI is InChI=1S/C25H29N3O3/c1-4-5-8-17-22(20-13-9-6-10-14-20)28-24-26-18(2)23(19(3)27-24)31-25(29)30-21-15-11-7-12-16-21/h6-7,9-16,22H,4-5,8,17H2,1-3H3,(H,26,27,28). The number of unbranched alkanes of at least 4 members (excludes halogenated alkanes) is 2. The van der Waals surface area contributed by atoms with E-state index in [2.05, 4.69) is 34.3 Å². The topological polar surface area (TPSA) is 73.3 Å². The van der Waals surface area contributed by atoms with E-state index in [0.717, 1.165) is 12.8 Å². The predicted molar refractivity (Wildman–Crippen MR) is 122 cm³/mol. The molecule has 1 N–H and O–H groups in total. The molecule has 6 heteroatoms. The summed E-state index contributed by atoms with van der Waals surface area (Å²) in [7, 11) is 0. The summed E-state index contributed by atoms with van der Waals surface area (Å²) in [4.78, 5) is 21.2. The minimum atomic E-state index is -0.816. The van der Waals surface area contributed by atoms with Gasteiger partial charge in [0.15, 0.2) is 5.75 Å². The quantitative estimate of drug-likeness (QED) is 0.246. The van der Waals surface area contributed by atoms with Crippen molar-refractivity contribution in [3.8, 4) is 11.5 Å². The highest BCUT2D eigenvalue weighted by Gasteiger charge is 2.18. The molecule has 0 saturated heterocycles. The van der Waals surface area contributed by atoms with Crippen LogP contribution in [-0.2, 0) is 0 Å². The van der Waals surface area contributed by atoms with Crippen LogP contribution >= 0.6 is 0 Å². The van der Waals surface area contributed by atoms with Crippen LogP contribution in [0.3, 0.4) is 0 Å². The molecule has 31 heavy (non-hydrogen) atoms. The van der Waals surface area contributed by atoms with Crippen molar-refractivity contribution in [3.05, 3.63) is 77.6 Å². The summed E-state index contributed by atoms with van der Waals surface area (Å²) in [5.74, 6) is 1.25. The molecule has 0 amide bonds. The number of ether oxygens (including phenoxy) is 2. The van der Waals surface area contributed by atoms with Crippen molar-refractivity contribution >= 4 is 12.1 Å². The van der Waals surface area contributed by atoms with Crippen molar-refractivity contribution < 1.29 is 14.3 Å². The molecule has 0 aliphatic rings.